The first kappa shape index (κ1) is 16.0. The Morgan fingerprint density at radius 3 is 2.84 bits per heavy atom. The summed E-state index contributed by atoms with van der Waals surface area (Å²) in [6.45, 7) is 0.844. The van der Waals surface area contributed by atoms with Crippen molar-refractivity contribution in [3.05, 3.63) is 24.0 Å². The Labute approximate surface area is 118 Å². The molecule has 0 unspecified atom stereocenters. The molecule has 0 aliphatic heterocycles. The smallest absolute Gasteiger partial charge is 0.245 e. The molecule has 0 radical (unpaired) electrons. The SMILES string of the molecule is COCCCN(C)S(=O)(=O)c1cccnc1C(N)=S. The van der Waals surface area contributed by atoms with Crippen LogP contribution in [-0.2, 0) is 14.8 Å². The monoisotopic (exact) mass is 303 g/mol. The van der Waals surface area contributed by atoms with E-state index in [1.165, 1.54) is 29.7 Å². The van der Waals surface area contributed by atoms with Gasteiger partial charge in [0.1, 0.15) is 15.6 Å². The van der Waals surface area contributed by atoms with Gasteiger partial charge in [-0.15, -0.1) is 0 Å². The fourth-order valence-electron chi connectivity index (χ4n) is 1.50. The number of ether oxygens (including phenoxy) is 1. The minimum atomic E-state index is -3.65. The molecular weight excluding hydrogens is 286 g/mol. The molecule has 1 rings (SSSR count). The summed E-state index contributed by atoms with van der Waals surface area (Å²) in [6, 6.07) is 2.99. The lowest BCUT2D eigenvalue weighted by molar-refractivity contribution is 0.189. The third-order valence-corrected chi connectivity index (χ3v) is 4.60. The van der Waals surface area contributed by atoms with Crippen molar-refractivity contribution in [3.63, 3.8) is 0 Å². The second-order valence-corrected chi connectivity index (χ2v) is 6.34. The van der Waals surface area contributed by atoms with Gasteiger partial charge in [-0.3, -0.25) is 4.98 Å². The number of nitrogens with two attached hydrogens (primary N) is 1. The number of aromatic nitrogens is 1. The Morgan fingerprint density at radius 1 is 1.58 bits per heavy atom. The zero-order valence-electron chi connectivity index (χ0n) is 10.9. The third-order valence-electron chi connectivity index (χ3n) is 2.51. The van der Waals surface area contributed by atoms with Crippen molar-refractivity contribution >= 4 is 27.2 Å². The number of rotatable bonds is 7. The fourth-order valence-corrected chi connectivity index (χ4v) is 3.09. The summed E-state index contributed by atoms with van der Waals surface area (Å²) >= 11 is 4.82. The van der Waals surface area contributed by atoms with Crippen LogP contribution in [0.5, 0.6) is 0 Å². The molecule has 8 heteroatoms. The zero-order valence-corrected chi connectivity index (χ0v) is 12.5. The minimum absolute atomic E-state index is 0.0300. The summed E-state index contributed by atoms with van der Waals surface area (Å²) in [5, 5.41) is 0. The van der Waals surface area contributed by atoms with Crippen LogP contribution in [-0.4, -0.2) is 50.0 Å². The van der Waals surface area contributed by atoms with Crippen molar-refractivity contribution in [2.45, 2.75) is 11.3 Å². The lowest BCUT2D eigenvalue weighted by Crippen LogP contribution is -2.30. The predicted octanol–water partition coefficient (Wildman–Crippen LogP) is 0.373. The summed E-state index contributed by atoms with van der Waals surface area (Å²) in [5.41, 5.74) is 5.62. The summed E-state index contributed by atoms with van der Waals surface area (Å²) in [4.78, 5) is 3.92. The first-order valence-electron chi connectivity index (χ1n) is 5.61. The van der Waals surface area contributed by atoms with Crippen LogP contribution in [0.3, 0.4) is 0 Å². The van der Waals surface area contributed by atoms with Crippen molar-refractivity contribution in [2.75, 3.05) is 27.3 Å². The van der Waals surface area contributed by atoms with E-state index in [1.807, 2.05) is 0 Å². The summed E-state index contributed by atoms with van der Waals surface area (Å²) in [5.74, 6) is 0. The van der Waals surface area contributed by atoms with Crippen LogP contribution in [0, 0.1) is 0 Å². The van der Waals surface area contributed by atoms with Gasteiger partial charge >= 0.3 is 0 Å². The first-order valence-corrected chi connectivity index (χ1v) is 7.46. The molecule has 6 nitrogen and oxygen atoms in total. The molecular formula is C11H17N3O3S2. The molecule has 0 saturated carbocycles. The Hall–Kier alpha value is -1.09. The van der Waals surface area contributed by atoms with E-state index >= 15 is 0 Å². The number of hydrogen-bond donors (Lipinski definition) is 1. The van der Waals surface area contributed by atoms with Crippen LogP contribution >= 0.6 is 12.2 Å². The second kappa shape index (κ2) is 6.90. The maximum atomic E-state index is 12.4. The highest BCUT2D eigenvalue weighted by Crippen LogP contribution is 2.17. The largest absolute Gasteiger partial charge is 0.388 e. The minimum Gasteiger partial charge on any atom is -0.388 e. The summed E-state index contributed by atoms with van der Waals surface area (Å²) in [6.07, 6.45) is 2.06. The molecule has 0 bridgehead atoms. The Bertz CT molecular complexity index is 546. The Kier molecular flexibility index (Phi) is 5.80. The van der Waals surface area contributed by atoms with E-state index in [-0.39, 0.29) is 15.6 Å². The van der Waals surface area contributed by atoms with Gasteiger partial charge in [0.25, 0.3) is 0 Å². The van der Waals surface area contributed by atoms with Gasteiger partial charge in [0.15, 0.2) is 0 Å². The van der Waals surface area contributed by atoms with Crippen LogP contribution in [0.15, 0.2) is 23.2 Å². The molecule has 2 N–H and O–H groups in total. The number of pyridine rings is 1. The van der Waals surface area contributed by atoms with Crippen molar-refractivity contribution in [1.82, 2.24) is 9.29 Å². The molecule has 0 atom stereocenters. The molecule has 1 heterocycles. The van der Waals surface area contributed by atoms with Crippen molar-refractivity contribution < 1.29 is 13.2 Å². The fraction of sp³-hybridized carbons (Fsp3) is 0.455. The maximum absolute atomic E-state index is 12.4. The topological polar surface area (TPSA) is 85.5 Å². The van der Waals surface area contributed by atoms with Crippen molar-refractivity contribution in [2.24, 2.45) is 5.73 Å². The molecule has 0 aromatic carbocycles. The quantitative estimate of drug-likeness (QED) is 0.579. The van der Waals surface area contributed by atoms with Gasteiger partial charge in [-0.2, -0.15) is 0 Å². The molecule has 0 aliphatic carbocycles. The van der Waals surface area contributed by atoms with Crippen LogP contribution < -0.4 is 5.73 Å². The number of sulfonamides is 1. The van der Waals surface area contributed by atoms with Gasteiger partial charge in [0, 0.05) is 33.5 Å². The molecule has 19 heavy (non-hydrogen) atoms. The van der Waals surface area contributed by atoms with Crippen molar-refractivity contribution in [1.29, 1.82) is 0 Å². The van der Waals surface area contributed by atoms with Crippen LogP contribution in [0.25, 0.3) is 0 Å². The molecule has 1 aromatic heterocycles. The average molecular weight is 303 g/mol. The lowest BCUT2D eigenvalue weighted by atomic mass is 10.3. The highest BCUT2D eigenvalue weighted by molar-refractivity contribution is 7.89. The van der Waals surface area contributed by atoms with Crippen molar-refractivity contribution in [3.8, 4) is 0 Å². The van der Waals surface area contributed by atoms with Gasteiger partial charge < -0.3 is 10.5 Å². The van der Waals surface area contributed by atoms with Gasteiger partial charge in [-0.25, -0.2) is 12.7 Å². The lowest BCUT2D eigenvalue weighted by Gasteiger charge is -2.18. The normalized spacial score (nSPS) is 11.7. The zero-order chi connectivity index (χ0) is 14.5. The number of thiocarbonyl (C=S) groups is 1. The molecule has 0 fully saturated rings. The molecule has 0 amide bonds. The molecule has 1 aromatic rings. The van der Waals surface area contributed by atoms with E-state index in [2.05, 4.69) is 4.98 Å². The van der Waals surface area contributed by atoms with Crippen LogP contribution in [0.4, 0.5) is 0 Å². The van der Waals surface area contributed by atoms with Gasteiger partial charge in [-0.1, -0.05) is 12.2 Å². The maximum Gasteiger partial charge on any atom is 0.245 e. The van der Waals surface area contributed by atoms with E-state index in [9.17, 15) is 8.42 Å². The second-order valence-electron chi connectivity index (χ2n) is 3.89. The predicted molar refractivity (Wildman–Crippen MR) is 76.4 cm³/mol. The van der Waals surface area contributed by atoms with Gasteiger partial charge in [0.05, 0.1) is 0 Å². The van der Waals surface area contributed by atoms with Crippen LogP contribution in [0.1, 0.15) is 12.1 Å². The number of hydrogen-bond acceptors (Lipinski definition) is 5. The molecule has 0 aliphatic rings. The average Bonchev–Trinajstić information content (AvgIpc) is 2.38. The van der Waals surface area contributed by atoms with E-state index in [1.54, 1.807) is 7.11 Å². The number of methoxy groups -OCH3 is 1. The summed E-state index contributed by atoms with van der Waals surface area (Å²) < 4.78 is 30.9. The van der Waals surface area contributed by atoms with E-state index < -0.39 is 10.0 Å². The highest BCUT2D eigenvalue weighted by atomic mass is 32.2. The van der Waals surface area contributed by atoms with Gasteiger partial charge in [-0.05, 0) is 18.6 Å². The third kappa shape index (κ3) is 3.93. The molecule has 0 spiro atoms. The number of nitrogens with zero attached hydrogens (tertiary/aromatic N) is 2. The van der Waals surface area contributed by atoms with Gasteiger partial charge in [0.2, 0.25) is 10.0 Å². The molecule has 0 saturated heterocycles. The van der Waals surface area contributed by atoms with E-state index in [4.69, 9.17) is 22.7 Å². The standard InChI is InChI=1S/C11H17N3O3S2/c1-14(7-4-8-17-2)19(15,16)9-5-3-6-13-10(9)11(12)18/h3,5-6H,4,7-8H2,1-2H3,(H2,12,18). The Balaban J connectivity index is 3.03. The Morgan fingerprint density at radius 2 is 2.26 bits per heavy atom. The first-order chi connectivity index (χ1) is 8.91. The van der Waals surface area contributed by atoms with E-state index in [0.717, 1.165) is 0 Å². The van der Waals surface area contributed by atoms with E-state index in [0.29, 0.717) is 19.6 Å². The molecule has 106 valence electrons. The highest BCUT2D eigenvalue weighted by Gasteiger charge is 2.25. The summed E-state index contributed by atoms with van der Waals surface area (Å²) in [7, 11) is -0.576. The van der Waals surface area contributed by atoms with Crippen LogP contribution in [0.2, 0.25) is 0 Å².